The van der Waals surface area contributed by atoms with Gasteiger partial charge in [-0.3, -0.25) is 0 Å². The molecule has 1 heterocycles. The maximum Gasteiger partial charge on any atom is 0.130 e. The molecule has 1 fully saturated rings. The summed E-state index contributed by atoms with van der Waals surface area (Å²) in [4.78, 5) is 10.4. The highest BCUT2D eigenvalue weighted by molar-refractivity contribution is 8.00. The van der Waals surface area contributed by atoms with Crippen LogP contribution in [0.5, 0.6) is 0 Å². The van der Waals surface area contributed by atoms with E-state index in [2.05, 4.69) is 0 Å². The van der Waals surface area contributed by atoms with Crippen molar-refractivity contribution in [1.82, 2.24) is 0 Å². The molecule has 0 aromatic carbocycles. The number of hydrogen-bond donors (Lipinski definition) is 0. The van der Waals surface area contributed by atoms with Crippen molar-refractivity contribution in [2.24, 2.45) is 5.92 Å². The van der Waals surface area contributed by atoms with Gasteiger partial charge in [-0.25, -0.2) is 0 Å². The van der Waals surface area contributed by atoms with Gasteiger partial charge in [0.25, 0.3) is 0 Å². The van der Waals surface area contributed by atoms with E-state index in [1.807, 2.05) is 11.8 Å². The van der Waals surface area contributed by atoms with Crippen LogP contribution in [0.1, 0.15) is 13.3 Å². The van der Waals surface area contributed by atoms with Crippen LogP contribution in [-0.2, 0) is 4.79 Å². The molecule has 1 saturated heterocycles. The Morgan fingerprint density at radius 2 is 2.38 bits per heavy atom. The molecule has 0 aromatic heterocycles. The van der Waals surface area contributed by atoms with Crippen LogP contribution in [0.15, 0.2) is 0 Å². The summed E-state index contributed by atoms with van der Waals surface area (Å²) >= 11 is 1.93. The highest BCUT2D eigenvalue weighted by Crippen LogP contribution is 2.27. The predicted octanol–water partition coefficient (Wildman–Crippen LogP) is 1.33. The van der Waals surface area contributed by atoms with E-state index < -0.39 is 0 Å². The lowest BCUT2D eigenvalue weighted by Gasteiger charge is -2.22. The second-order valence-corrected chi connectivity index (χ2v) is 3.38. The van der Waals surface area contributed by atoms with Crippen molar-refractivity contribution in [3.05, 3.63) is 0 Å². The minimum absolute atomic E-state index is 0.343. The van der Waals surface area contributed by atoms with Gasteiger partial charge in [0.1, 0.15) is 5.78 Å². The minimum Gasteiger partial charge on any atom is -0.300 e. The van der Waals surface area contributed by atoms with Crippen LogP contribution in [0.3, 0.4) is 0 Å². The average molecular weight is 130 g/mol. The van der Waals surface area contributed by atoms with E-state index in [0.29, 0.717) is 5.78 Å². The molecule has 0 N–H and O–H groups in total. The summed E-state index contributed by atoms with van der Waals surface area (Å²) < 4.78 is 0. The van der Waals surface area contributed by atoms with Crippen molar-refractivity contribution < 1.29 is 4.79 Å². The molecule has 0 saturated carbocycles. The smallest absolute Gasteiger partial charge is 0.130 e. The lowest BCUT2D eigenvalue weighted by atomic mass is 10.1. The zero-order chi connectivity index (χ0) is 5.98. The van der Waals surface area contributed by atoms with Crippen LogP contribution in [0.4, 0.5) is 0 Å². The highest BCUT2D eigenvalue weighted by atomic mass is 32.2. The van der Waals surface area contributed by atoms with Crippen LogP contribution >= 0.6 is 11.8 Å². The molecule has 0 bridgehead atoms. The molecule has 1 rings (SSSR count). The second kappa shape index (κ2) is 2.53. The number of carbonyl (C=O) groups is 1. The molecule has 0 spiro atoms. The van der Waals surface area contributed by atoms with Gasteiger partial charge in [0.2, 0.25) is 0 Å². The van der Waals surface area contributed by atoms with Gasteiger partial charge in [-0.1, -0.05) is 0 Å². The fourth-order valence-corrected chi connectivity index (χ4v) is 1.61. The van der Waals surface area contributed by atoms with Crippen LogP contribution in [0.2, 0.25) is 0 Å². The Morgan fingerprint density at radius 1 is 1.75 bits per heavy atom. The molecular formula is C6H10OS. The lowest BCUT2D eigenvalue weighted by Crippen LogP contribution is -2.20. The van der Waals surface area contributed by atoms with Crippen molar-refractivity contribution >= 4 is 17.5 Å². The summed E-state index contributed by atoms with van der Waals surface area (Å²) in [6.45, 7) is 1.67. The fraction of sp³-hybridized carbons (Fsp3) is 0.833. The van der Waals surface area contributed by atoms with Crippen LogP contribution < -0.4 is 0 Å². The zero-order valence-electron chi connectivity index (χ0n) is 5.02. The third kappa shape index (κ3) is 1.51. The van der Waals surface area contributed by atoms with Gasteiger partial charge in [0.05, 0.1) is 0 Å². The van der Waals surface area contributed by atoms with Gasteiger partial charge in [-0.15, -0.1) is 0 Å². The average Bonchev–Trinajstić information content (AvgIpc) is 1.55. The topological polar surface area (TPSA) is 17.1 Å². The Bertz CT molecular complexity index is 96.7. The number of thioether (sulfide) groups is 1. The number of carbonyl (C=O) groups excluding carboxylic acids is 1. The molecule has 46 valence electrons. The molecule has 0 radical (unpaired) electrons. The van der Waals surface area contributed by atoms with Crippen molar-refractivity contribution in [2.45, 2.75) is 13.3 Å². The first kappa shape index (κ1) is 6.14. The maximum atomic E-state index is 10.4. The van der Waals surface area contributed by atoms with Crippen LogP contribution in [0, 0.1) is 5.92 Å². The Hall–Kier alpha value is 0.0200. The Balaban J connectivity index is 2.09. The first-order valence-corrected chi connectivity index (χ1v) is 4.01. The van der Waals surface area contributed by atoms with Crippen molar-refractivity contribution in [3.8, 4) is 0 Å². The van der Waals surface area contributed by atoms with E-state index in [9.17, 15) is 4.79 Å². The Morgan fingerprint density at radius 3 is 2.50 bits per heavy atom. The minimum atomic E-state index is 0.343. The third-order valence-electron chi connectivity index (χ3n) is 1.28. The molecule has 1 aliphatic rings. The molecule has 0 atom stereocenters. The zero-order valence-corrected chi connectivity index (χ0v) is 5.83. The maximum absolute atomic E-state index is 10.4. The van der Waals surface area contributed by atoms with E-state index in [0.717, 1.165) is 12.3 Å². The summed E-state index contributed by atoms with van der Waals surface area (Å²) in [6, 6.07) is 0. The van der Waals surface area contributed by atoms with E-state index in [1.165, 1.54) is 11.5 Å². The SMILES string of the molecule is CC(=O)CC1CSC1. The molecule has 0 unspecified atom stereocenters. The molecular weight excluding hydrogens is 120 g/mol. The van der Waals surface area contributed by atoms with Crippen molar-refractivity contribution in [1.29, 1.82) is 0 Å². The normalized spacial score (nSPS) is 20.1. The van der Waals surface area contributed by atoms with Crippen LogP contribution in [-0.4, -0.2) is 17.3 Å². The summed E-state index contributed by atoms with van der Waals surface area (Å²) in [5.41, 5.74) is 0. The summed E-state index contributed by atoms with van der Waals surface area (Å²) in [6.07, 6.45) is 0.812. The van der Waals surface area contributed by atoms with Gasteiger partial charge in [-0.2, -0.15) is 11.8 Å². The van der Waals surface area contributed by atoms with Gasteiger partial charge in [-0.05, 0) is 24.3 Å². The lowest BCUT2D eigenvalue weighted by molar-refractivity contribution is -0.117. The molecule has 1 aliphatic heterocycles. The Kier molecular flexibility index (Phi) is 1.95. The van der Waals surface area contributed by atoms with Gasteiger partial charge < -0.3 is 4.79 Å². The number of rotatable bonds is 2. The van der Waals surface area contributed by atoms with Crippen molar-refractivity contribution in [3.63, 3.8) is 0 Å². The van der Waals surface area contributed by atoms with Crippen molar-refractivity contribution in [2.75, 3.05) is 11.5 Å². The fourth-order valence-electron chi connectivity index (χ4n) is 0.809. The first-order valence-electron chi connectivity index (χ1n) is 2.86. The summed E-state index contributed by atoms with van der Waals surface area (Å²) in [5.74, 6) is 3.48. The first-order chi connectivity index (χ1) is 3.79. The van der Waals surface area contributed by atoms with E-state index in [1.54, 1.807) is 6.92 Å². The quantitative estimate of drug-likeness (QED) is 0.561. The number of ketones is 1. The number of hydrogen-bond acceptors (Lipinski definition) is 2. The molecule has 0 amide bonds. The second-order valence-electron chi connectivity index (χ2n) is 2.31. The van der Waals surface area contributed by atoms with Gasteiger partial charge >= 0.3 is 0 Å². The summed E-state index contributed by atoms with van der Waals surface area (Å²) in [7, 11) is 0. The van der Waals surface area contributed by atoms with E-state index in [4.69, 9.17) is 0 Å². The monoisotopic (exact) mass is 130 g/mol. The predicted molar refractivity (Wildman–Crippen MR) is 36.1 cm³/mol. The molecule has 8 heavy (non-hydrogen) atoms. The van der Waals surface area contributed by atoms with E-state index in [-0.39, 0.29) is 0 Å². The highest BCUT2D eigenvalue weighted by Gasteiger charge is 2.18. The molecule has 0 aliphatic carbocycles. The number of Topliss-reactive ketones (excluding diaryl/α,β-unsaturated/α-hetero) is 1. The molecule has 2 heteroatoms. The molecule has 1 nitrogen and oxygen atoms in total. The third-order valence-corrected chi connectivity index (χ3v) is 2.70. The Labute approximate surface area is 53.8 Å². The van der Waals surface area contributed by atoms with E-state index >= 15 is 0 Å². The van der Waals surface area contributed by atoms with Gasteiger partial charge in [0.15, 0.2) is 0 Å². The van der Waals surface area contributed by atoms with Gasteiger partial charge in [0, 0.05) is 6.42 Å². The molecule has 0 aromatic rings. The van der Waals surface area contributed by atoms with Crippen LogP contribution in [0.25, 0.3) is 0 Å². The standard InChI is InChI=1S/C6H10OS/c1-5(7)2-6-3-8-4-6/h6H,2-4H2,1H3. The summed E-state index contributed by atoms with van der Waals surface area (Å²) in [5, 5.41) is 0. The largest absolute Gasteiger partial charge is 0.300 e.